The lowest BCUT2D eigenvalue weighted by atomic mass is 9.96. The molecule has 1 aromatic rings. The quantitative estimate of drug-likeness (QED) is 0.781. The van der Waals surface area contributed by atoms with Gasteiger partial charge in [-0.2, -0.15) is 4.31 Å². The van der Waals surface area contributed by atoms with Gasteiger partial charge in [0.2, 0.25) is 15.9 Å². The van der Waals surface area contributed by atoms with E-state index in [-0.39, 0.29) is 11.8 Å². The fourth-order valence-corrected chi connectivity index (χ4v) is 5.22. The molecule has 3 fully saturated rings. The highest BCUT2D eigenvalue weighted by atomic mass is 32.2. The number of rotatable bonds is 7. The number of benzene rings is 1. The highest BCUT2D eigenvalue weighted by Gasteiger charge is 2.43. The van der Waals surface area contributed by atoms with E-state index in [1.165, 1.54) is 35.4 Å². The zero-order valence-corrected chi connectivity index (χ0v) is 16.4. The third-order valence-corrected chi connectivity index (χ3v) is 7.55. The Balaban J connectivity index is 1.30. The molecule has 2 saturated carbocycles. The zero-order valence-electron chi connectivity index (χ0n) is 15.6. The molecule has 6 heteroatoms. The average molecular weight is 389 g/mol. The first-order chi connectivity index (χ1) is 13.0. The maximum atomic E-state index is 12.6. The van der Waals surface area contributed by atoms with Crippen molar-refractivity contribution in [3.8, 4) is 0 Å². The molecule has 1 heterocycles. The number of sulfonamides is 1. The summed E-state index contributed by atoms with van der Waals surface area (Å²) in [6.45, 7) is 0.828. The van der Waals surface area contributed by atoms with E-state index >= 15 is 0 Å². The van der Waals surface area contributed by atoms with Crippen LogP contribution in [0, 0.1) is 17.8 Å². The van der Waals surface area contributed by atoms with Crippen LogP contribution in [-0.2, 0) is 14.8 Å². The molecule has 1 aromatic carbocycles. The molecule has 0 spiro atoms. The Labute approximate surface area is 161 Å². The Morgan fingerprint density at radius 1 is 1.00 bits per heavy atom. The van der Waals surface area contributed by atoms with Crippen molar-refractivity contribution in [1.29, 1.82) is 0 Å². The Morgan fingerprint density at radius 2 is 1.59 bits per heavy atom. The highest BCUT2D eigenvalue weighted by molar-refractivity contribution is 7.92. The fourth-order valence-electron chi connectivity index (χ4n) is 4.00. The Kier molecular flexibility index (Phi) is 5.37. The van der Waals surface area contributed by atoms with Gasteiger partial charge in [0.1, 0.15) is 0 Å². The summed E-state index contributed by atoms with van der Waals surface area (Å²) in [5.74, 6) is 1.44. The van der Waals surface area contributed by atoms with Gasteiger partial charge in [-0.15, -0.1) is 0 Å². The van der Waals surface area contributed by atoms with Crippen LogP contribution >= 0.6 is 0 Å². The van der Waals surface area contributed by atoms with Crippen molar-refractivity contribution in [3.63, 3.8) is 0 Å². The van der Waals surface area contributed by atoms with Gasteiger partial charge < -0.3 is 5.32 Å². The number of nitrogens with zero attached hydrogens (tertiary/aromatic N) is 1. The van der Waals surface area contributed by atoms with E-state index in [1.807, 2.05) is 30.3 Å². The summed E-state index contributed by atoms with van der Waals surface area (Å²) in [6.07, 6.45) is 7.80. The first-order valence-corrected chi connectivity index (χ1v) is 11.6. The predicted molar refractivity (Wildman–Crippen MR) is 106 cm³/mol. The molecule has 4 rings (SSSR count). The van der Waals surface area contributed by atoms with E-state index in [2.05, 4.69) is 5.32 Å². The third kappa shape index (κ3) is 4.79. The molecule has 146 valence electrons. The van der Waals surface area contributed by atoms with E-state index in [0.29, 0.717) is 43.8 Å². The molecule has 0 unspecified atom stereocenters. The third-order valence-electron chi connectivity index (χ3n) is 5.99. The first kappa shape index (κ1) is 18.7. The van der Waals surface area contributed by atoms with E-state index < -0.39 is 10.0 Å². The minimum absolute atomic E-state index is 0.0606. The van der Waals surface area contributed by atoms with E-state index in [9.17, 15) is 13.2 Å². The summed E-state index contributed by atoms with van der Waals surface area (Å²) in [5.41, 5.74) is 0.863. The standard InChI is InChI=1S/C21H28N2O3S/c24-21(22-20(17-6-7-17)18-8-9-18)19-10-13-23(14-11-19)27(25,26)15-12-16-4-2-1-3-5-16/h1-5,12,15,17-20H,6-11,13-14H2,(H,22,24)/b15-12+. The van der Waals surface area contributed by atoms with Crippen molar-refractivity contribution in [1.82, 2.24) is 9.62 Å². The van der Waals surface area contributed by atoms with Crippen molar-refractivity contribution in [3.05, 3.63) is 41.3 Å². The van der Waals surface area contributed by atoms with Gasteiger partial charge in [0.25, 0.3) is 0 Å². The Bertz CT molecular complexity index is 778. The topological polar surface area (TPSA) is 66.5 Å². The minimum atomic E-state index is -3.44. The van der Waals surface area contributed by atoms with Crippen LogP contribution in [0.4, 0.5) is 0 Å². The molecule has 1 amide bonds. The largest absolute Gasteiger partial charge is 0.353 e. The predicted octanol–water partition coefficient (Wildman–Crippen LogP) is 3.00. The van der Waals surface area contributed by atoms with Crippen molar-refractivity contribution >= 4 is 22.0 Å². The fraction of sp³-hybridized carbons (Fsp3) is 0.571. The maximum Gasteiger partial charge on any atom is 0.236 e. The summed E-state index contributed by atoms with van der Waals surface area (Å²) >= 11 is 0. The van der Waals surface area contributed by atoms with Crippen LogP contribution in [0.15, 0.2) is 35.7 Å². The average Bonchev–Trinajstić information content (AvgIpc) is 3.58. The summed E-state index contributed by atoms with van der Waals surface area (Å²) in [4.78, 5) is 12.6. The number of amides is 1. The van der Waals surface area contributed by atoms with Crippen molar-refractivity contribution in [2.75, 3.05) is 13.1 Å². The molecule has 3 aliphatic rings. The molecule has 27 heavy (non-hydrogen) atoms. The smallest absolute Gasteiger partial charge is 0.236 e. The van der Waals surface area contributed by atoms with Crippen molar-refractivity contribution in [2.24, 2.45) is 17.8 Å². The molecule has 0 bridgehead atoms. The van der Waals surface area contributed by atoms with Crippen LogP contribution in [0.3, 0.4) is 0 Å². The van der Waals surface area contributed by atoms with E-state index in [1.54, 1.807) is 6.08 Å². The SMILES string of the molecule is O=C(NC(C1CC1)C1CC1)C1CCN(S(=O)(=O)/C=C/c2ccccc2)CC1. The number of piperidine rings is 1. The van der Waals surface area contributed by atoms with Crippen LogP contribution < -0.4 is 5.32 Å². The number of hydrogen-bond donors (Lipinski definition) is 1. The number of carbonyl (C=O) groups excluding carboxylic acids is 1. The molecule has 5 nitrogen and oxygen atoms in total. The van der Waals surface area contributed by atoms with Gasteiger partial charge in [-0.05, 0) is 62.0 Å². The lowest BCUT2D eigenvalue weighted by Crippen LogP contribution is -2.46. The highest BCUT2D eigenvalue weighted by Crippen LogP contribution is 2.44. The molecule has 0 radical (unpaired) electrons. The molecular formula is C21H28N2O3S. The second-order valence-electron chi connectivity index (χ2n) is 8.14. The van der Waals surface area contributed by atoms with Gasteiger partial charge in [0.15, 0.2) is 0 Å². The lowest BCUT2D eigenvalue weighted by molar-refractivity contribution is -0.127. The molecule has 2 aliphatic carbocycles. The maximum absolute atomic E-state index is 12.6. The molecule has 1 saturated heterocycles. The van der Waals surface area contributed by atoms with Crippen LogP contribution in [-0.4, -0.2) is 37.8 Å². The summed E-state index contributed by atoms with van der Waals surface area (Å²) in [5, 5.41) is 4.57. The van der Waals surface area contributed by atoms with Crippen LogP contribution in [0.1, 0.15) is 44.1 Å². The summed E-state index contributed by atoms with van der Waals surface area (Å²) in [6, 6.07) is 9.78. The van der Waals surface area contributed by atoms with Crippen LogP contribution in [0.5, 0.6) is 0 Å². The Hall–Kier alpha value is -1.66. The zero-order chi connectivity index (χ0) is 18.9. The molecule has 0 aromatic heterocycles. The Morgan fingerprint density at radius 3 is 2.15 bits per heavy atom. The minimum Gasteiger partial charge on any atom is -0.353 e. The number of hydrogen-bond acceptors (Lipinski definition) is 3. The molecule has 0 atom stereocenters. The van der Waals surface area contributed by atoms with Crippen LogP contribution in [0.2, 0.25) is 0 Å². The van der Waals surface area contributed by atoms with E-state index in [0.717, 1.165) is 5.56 Å². The molecule has 1 N–H and O–H groups in total. The van der Waals surface area contributed by atoms with E-state index in [4.69, 9.17) is 0 Å². The molecular weight excluding hydrogens is 360 g/mol. The first-order valence-electron chi connectivity index (χ1n) is 10.1. The lowest BCUT2D eigenvalue weighted by Gasteiger charge is -2.31. The molecule has 1 aliphatic heterocycles. The van der Waals surface area contributed by atoms with Gasteiger partial charge in [0.05, 0.1) is 0 Å². The van der Waals surface area contributed by atoms with Crippen LogP contribution in [0.25, 0.3) is 6.08 Å². The van der Waals surface area contributed by atoms with Crippen molar-refractivity contribution in [2.45, 2.75) is 44.6 Å². The van der Waals surface area contributed by atoms with Gasteiger partial charge >= 0.3 is 0 Å². The second-order valence-corrected chi connectivity index (χ2v) is 9.96. The summed E-state index contributed by atoms with van der Waals surface area (Å²) in [7, 11) is -3.44. The monoisotopic (exact) mass is 388 g/mol. The number of carbonyl (C=O) groups is 1. The van der Waals surface area contributed by atoms with Gasteiger partial charge in [0, 0.05) is 30.5 Å². The van der Waals surface area contributed by atoms with Crippen molar-refractivity contribution < 1.29 is 13.2 Å². The van der Waals surface area contributed by atoms with Gasteiger partial charge in [-0.25, -0.2) is 8.42 Å². The number of nitrogens with one attached hydrogen (secondary N) is 1. The van der Waals surface area contributed by atoms with Gasteiger partial charge in [-0.1, -0.05) is 30.3 Å². The second kappa shape index (κ2) is 7.76. The summed E-state index contributed by atoms with van der Waals surface area (Å²) < 4.78 is 26.6. The van der Waals surface area contributed by atoms with Gasteiger partial charge in [-0.3, -0.25) is 4.79 Å². The normalized spacial score (nSPS) is 22.4.